The van der Waals surface area contributed by atoms with E-state index < -0.39 is 0 Å². The van der Waals surface area contributed by atoms with Crippen LogP contribution in [-0.2, 0) is 6.54 Å². The van der Waals surface area contributed by atoms with Gasteiger partial charge in [-0.2, -0.15) is 0 Å². The minimum Gasteiger partial charge on any atom is -0.497 e. The summed E-state index contributed by atoms with van der Waals surface area (Å²) in [6, 6.07) is 19.6. The number of hydrogen-bond acceptors (Lipinski definition) is 6. The van der Waals surface area contributed by atoms with E-state index in [9.17, 15) is 5.11 Å². The van der Waals surface area contributed by atoms with E-state index in [0.29, 0.717) is 6.42 Å². The van der Waals surface area contributed by atoms with Crippen LogP contribution < -0.4 is 15.8 Å². The van der Waals surface area contributed by atoms with Crippen molar-refractivity contribution in [3.63, 3.8) is 0 Å². The first-order chi connectivity index (χ1) is 17.0. The third kappa shape index (κ3) is 7.44. The number of fused-ring (bicyclic) bond motifs is 1. The minimum absolute atomic E-state index is 0.158. The number of ether oxygens (including phenoxy) is 1. The van der Waals surface area contributed by atoms with Crippen LogP contribution in [0, 0.1) is 0 Å². The predicted octanol–water partition coefficient (Wildman–Crippen LogP) is 5.68. The van der Waals surface area contributed by atoms with Gasteiger partial charge in [0.1, 0.15) is 11.6 Å². The molecule has 0 spiro atoms. The number of methoxy groups -OCH3 is 1. The van der Waals surface area contributed by atoms with Crippen molar-refractivity contribution < 1.29 is 14.9 Å². The Morgan fingerprint density at radius 3 is 2.46 bits per heavy atom. The van der Waals surface area contributed by atoms with E-state index in [1.54, 1.807) is 7.11 Å². The number of benzene rings is 3. The Kier molecular flexibility index (Phi) is 10.4. The molecule has 0 aliphatic carbocycles. The molecular formula is C26H30Br2N4O3. The van der Waals surface area contributed by atoms with Crippen molar-refractivity contribution in [2.45, 2.75) is 19.4 Å². The van der Waals surface area contributed by atoms with E-state index in [2.05, 4.69) is 47.8 Å². The number of nitrogens with zero attached hydrogens (tertiary/aromatic N) is 2. The van der Waals surface area contributed by atoms with Crippen LogP contribution in [0.5, 0.6) is 5.75 Å². The lowest BCUT2D eigenvalue weighted by Crippen LogP contribution is -2.05. The van der Waals surface area contributed by atoms with E-state index in [-0.39, 0.29) is 13.2 Å². The smallest absolute Gasteiger partial charge is 0.141 e. The fraction of sp³-hybridized carbons (Fsp3) is 0.269. The monoisotopic (exact) mass is 604 g/mol. The molecule has 4 rings (SSSR count). The Morgan fingerprint density at radius 1 is 0.971 bits per heavy atom. The van der Waals surface area contributed by atoms with Crippen molar-refractivity contribution in [1.29, 1.82) is 0 Å². The lowest BCUT2D eigenvalue weighted by molar-refractivity contribution is 0.281. The predicted molar refractivity (Wildman–Crippen MR) is 150 cm³/mol. The van der Waals surface area contributed by atoms with Crippen molar-refractivity contribution >= 4 is 54.3 Å². The largest absolute Gasteiger partial charge is 0.497 e. The standard InChI is InChI=1S/C17H17BrN2O2.C9H13BrN2O/c1-22-14-5-2-4-12(10-14)17-19-15-7-6-13(18)11-16(15)20(17)8-3-9-21;10-7-2-3-8(11)9(6-7)12-4-1-5-13/h2,4-7,10-11,21H,3,8-9H2,1H3;2-3,6,12-13H,1,4-5,11H2. The number of rotatable bonds is 9. The Labute approximate surface area is 222 Å². The van der Waals surface area contributed by atoms with Crippen LogP contribution in [0.15, 0.2) is 69.6 Å². The summed E-state index contributed by atoms with van der Waals surface area (Å²) >= 11 is 6.87. The molecule has 0 bridgehead atoms. The van der Waals surface area contributed by atoms with Gasteiger partial charge in [0, 0.05) is 40.8 Å². The highest BCUT2D eigenvalue weighted by atomic mass is 79.9. The molecule has 9 heteroatoms. The zero-order valence-corrected chi connectivity index (χ0v) is 22.7. The molecule has 4 aromatic rings. The van der Waals surface area contributed by atoms with Gasteiger partial charge in [0.15, 0.2) is 0 Å². The maximum absolute atomic E-state index is 9.17. The number of aryl methyl sites for hydroxylation is 1. The number of halogens is 2. The van der Waals surface area contributed by atoms with Crippen LogP contribution in [0.25, 0.3) is 22.4 Å². The molecular weight excluding hydrogens is 576 g/mol. The van der Waals surface area contributed by atoms with Crippen LogP contribution in [0.2, 0.25) is 0 Å². The first-order valence-electron chi connectivity index (χ1n) is 11.3. The Balaban J connectivity index is 0.000000225. The number of nitrogen functional groups attached to an aromatic ring is 1. The molecule has 186 valence electrons. The number of aliphatic hydroxyl groups is 2. The number of imidazole rings is 1. The van der Waals surface area contributed by atoms with Crippen LogP contribution in [0.3, 0.4) is 0 Å². The molecule has 0 aliphatic heterocycles. The molecule has 0 saturated carbocycles. The molecule has 0 atom stereocenters. The van der Waals surface area contributed by atoms with Gasteiger partial charge in [-0.3, -0.25) is 0 Å². The van der Waals surface area contributed by atoms with Gasteiger partial charge in [0.05, 0.1) is 29.5 Å². The normalized spacial score (nSPS) is 10.7. The quantitative estimate of drug-likeness (QED) is 0.144. The number of hydrogen-bond donors (Lipinski definition) is 4. The molecule has 1 heterocycles. The van der Waals surface area contributed by atoms with Gasteiger partial charge in [-0.15, -0.1) is 0 Å². The van der Waals surface area contributed by atoms with Crippen LogP contribution >= 0.6 is 31.9 Å². The average Bonchev–Trinajstić information content (AvgIpc) is 3.23. The van der Waals surface area contributed by atoms with Gasteiger partial charge < -0.3 is 30.6 Å². The maximum atomic E-state index is 9.17. The SMILES string of the molecule is COc1cccc(-c2nc3ccc(Br)cc3n2CCCO)c1.Nc1ccc(Br)cc1NCCCO. The van der Waals surface area contributed by atoms with Crippen molar-refractivity contribution in [2.24, 2.45) is 0 Å². The summed E-state index contributed by atoms with van der Waals surface area (Å²) < 4.78 is 9.46. The van der Waals surface area contributed by atoms with Crippen LogP contribution in [0.1, 0.15) is 12.8 Å². The zero-order chi connectivity index (χ0) is 25.2. The number of anilines is 2. The molecule has 0 radical (unpaired) electrons. The number of aromatic nitrogens is 2. The highest BCUT2D eigenvalue weighted by Crippen LogP contribution is 2.29. The summed E-state index contributed by atoms with van der Waals surface area (Å²) in [7, 11) is 1.66. The Morgan fingerprint density at radius 2 is 1.71 bits per heavy atom. The second-order valence-corrected chi connectivity index (χ2v) is 9.60. The van der Waals surface area contributed by atoms with Crippen molar-refractivity contribution in [3.8, 4) is 17.1 Å². The lowest BCUT2D eigenvalue weighted by atomic mass is 10.2. The van der Waals surface area contributed by atoms with Gasteiger partial charge in [-0.1, -0.05) is 44.0 Å². The summed E-state index contributed by atoms with van der Waals surface area (Å²) in [6.07, 6.45) is 1.42. The van der Waals surface area contributed by atoms with Gasteiger partial charge in [0.25, 0.3) is 0 Å². The maximum Gasteiger partial charge on any atom is 0.141 e. The Hall–Kier alpha value is -2.59. The zero-order valence-electron chi connectivity index (χ0n) is 19.5. The first-order valence-corrected chi connectivity index (χ1v) is 12.9. The van der Waals surface area contributed by atoms with Crippen molar-refractivity contribution in [1.82, 2.24) is 9.55 Å². The fourth-order valence-electron chi connectivity index (χ4n) is 3.52. The highest BCUT2D eigenvalue weighted by Gasteiger charge is 2.13. The van der Waals surface area contributed by atoms with Gasteiger partial charge >= 0.3 is 0 Å². The number of nitrogens with one attached hydrogen (secondary N) is 1. The molecule has 3 aromatic carbocycles. The Bertz CT molecular complexity index is 1250. The van der Waals surface area contributed by atoms with Crippen molar-refractivity contribution in [3.05, 3.63) is 69.6 Å². The molecule has 1 aromatic heterocycles. The van der Waals surface area contributed by atoms with E-state index >= 15 is 0 Å². The molecule has 0 aliphatic rings. The third-order valence-electron chi connectivity index (χ3n) is 5.24. The van der Waals surface area contributed by atoms with Crippen molar-refractivity contribution in [2.75, 3.05) is 37.9 Å². The van der Waals surface area contributed by atoms with Gasteiger partial charge in [-0.05, 0) is 61.4 Å². The average molecular weight is 606 g/mol. The van der Waals surface area contributed by atoms with Crippen LogP contribution in [0.4, 0.5) is 11.4 Å². The molecule has 0 unspecified atom stereocenters. The second-order valence-electron chi connectivity index (χ2n) is 7.76. The molecule has 35 heavy (non-hydrogen) atoms. The van der Waals surface area contributed by atoms with Gasteiger partial charge in [0.2, 0.25) is 0 Å². The lowest BCUT2D eigenvalue weighted by Gasteiger charge is -2.09. The molecule has 0 amide bonds. The first kappa shape index (κ1) is 27.0. The highest BCUT2D eigenvalue weighted by molar-refractivity contribution is 9.10. The summed E-state index contributed by atoms with van der Waals surface area (Å²) in [6.45, 7) is 1.80. The molecule has 0 fully saturated rings. The fourth-order valence-corrected chi connectivity index (χ4v) is 4.23. The topological polar surface area (TPSA) is 106 Å². The summed E-state index contributed by atoms with van der Waals surface area (Å²) in [5, 5.41) is 20.9. The minimum atomic E-state index is 0.158. The summed E-state index contributed by atoms with van der Waals surface area (Å²) in [4.78, 5) is 4.76. The van der Waals surface area contributed by atoms with E-state index in [4.69, 9.17) is 20.6 Å². The summed E-state index contributed by atoms with van der Waals surface area (Å²) in [5.41, 5.74) is 10.4. The van der Waals surface area contributed by atoms with Crippen LogP contribution in [-0.4, -0.2) is 46.6 Å². The number of nitrogens with two attached hydrogens (primary N) is 1. The second kappa shape index (κ2) is 13.5. The molecule has 0 saturated heterocycles. The van der Waals surface area contributed by atoms with Gasteiger partial charge in [-0.25, -0.2) is 4.98 Å². The molecule has 7 nitrogen and oxygen atoms in total. The van der Waals surface area contributed by atoms with E-state index in [0.717, 1.165) is 68.0 Å². The van der Waals surface area contributed by atoms with E-state index in [1.807, 2.05) is 54.6 Å². The molecule has 5 N–H and O–H groups in total. The summed E-state index contributed by atoms with van der Waals surface area (Å²) in [5.74, 6) is 1.69. The number of aliphatic hydroxyl groups excluding tert-OH is 2. The third-order valence-corrected chi connectivity index (χ3v) is 6.23. The van der Waals surface area contributed by atoms with E-state index in [1.165, 1.54) is 0 Å².